The summed E-state index contributed by atoms with van der Waals surface area (Å²) in [6, 6.07) is 20.4. The maximum absolute atomic E-state index is 4.36. The van der Waals surface area contributed by atoms with Gasteiger partial charge in [0.25, 0.3) is 0 Å². The maximum atomic E-state index is 4.36. The van der Waals surface area contributed by atoms with Crippen LogP contribution < -0.4 is 4.72 Å². The first-order valence-corrected chi connectivity index (χ1v) is 6.57. The quantitative estimate of drug-likeness (QED) is 0.701. The van der Waals surface area contributed by atoms with Gasteiger partial charge in [-0.3, -0.25) is 4.98 Å². The van der Waals surface area contributed by atoms with E-state index in [0.29, 0.717) is 0 Å². The standard InChI is InChI=1S/C15H12N2S/c1-2-6-12(7-3-1)17-18-15-10-4-9-14-13(15)8-5-11-16-14/h1-11,17H. The lowest BCUT2D eigenvalue weighted by Gasteiger charge is -2.07. The molecule has 0 saturated heterocycles. The predicted octanol–water partition coefficient (Wildman–Crippen LogP) is 4.35. The molecule has 0 amide bonds. The molecule has 1 heterocycles. The number of benzene rings is 2. The summed E-state index contributed by atoms with van der Waals surface area (Å²) in [7, 11) is 0. The van der Waals surface area contributed by atoms with Crippen LogP contribution in [-0.4, -0.2) is 4.98 Å². The molecule has 0 unspecified atom stereocenters. The van der Waals surface area contributed by atoms with Crippen LogP contribution in [0, 0.1) is 0 Å². The van der Waals surface area contributed by atoms with Gasteiger partial charge < -0.3 is 4.72 Å². The summed E-state index contributed by atoms with van der Waals surface area (Å²) >= 11 is 1.61. The summed E-state index contributed by atoms with van der Waals surface area (Å²) in [4.78, 5) is 5.54. The minimum atomic E-state index is 1.03. The number of rotatable bonds is 3. The van der Waals surface area contributed by atoms with Crippen LogP contribution in [-0.2, 0) is 0 Å². The molecule has 2 nitrogen and oxygen atoms in total. The summed E-state index contributed by atoms with van der Waals surface area (Å²) in [6.45, 7) is 0. The number of pyridine rings is 1. The lowest BCUT2D eigenvalue weighted by molar-refractivity contribution is 1.38. The van der Waals surface area contributed by atoms with Crippen molar-refractivity contribution in [3.63, 3.8) is 0 Å². The second-order valence-electron chi connectivity index (χ2n) is 3.90. The molecule has 0 aliphatic rings. The predicted molar refractivity (Wildman–Crippen MR) is 77.7 cm³/mol. The summed E-state index contributed by atoms with van der Waals surface area (Å²) in [6.07, 6.45) is 1.82. The second-order valence-corrected chi connectivity index (χ2v) is 4.74. The minimum Gasteiger partial charge on any atom is -0.326 e. The molecule has 1 N–H and O–H groups in total. The molecule has 1 aromatic heterocycles. The smallest absolute Gasteiger partial charge is 0.0713 e. The van der Waals surface area contributed by atoms with Gasteiger partial charge in [0.05, 0.1) is 5.52 Å². The van der Waals surface area contributed by atoms with Crippen LogP contribution >= 0.6 is 11.9 Å². The van der Waals surface area contributed by atoms with Crippen LogP contribution in [0.3, 0.4) is 0 Å². The van der Waals surface area contributed by atoms with Crippen LogP contribution in [0.25, 0.3) is 10.9 Å². The van der Waals surface area contributed by atoms with Gasteiger partial charge in [-0.05, 0) is 42.3 Å². The van der Waals surface area contributed by atoms with E-state index in [4.69, 9.17) is 0 Å². The second kappa shape index (κ2) is 5.10. The largest absolute Gasteiger partial charge is 0.326 e. The molecule has 88 valence electrons. The highest BCUT2D eigenvalue weighted by Crippen LogP contribution is 2.27. The molecule has 0 aliphatic heterocycles. The molecule has 18 heavy (non-hydrogen) atoms. The van der Waals surface area contributed by atoms with Crippen molar-refractivity contribution in [3.05, 3.63) is 66.9 Å². The number of hydrogen-bond donors (Lipinski definition) is 1. The van der Waals surface area contributed by atoms with Crippen LogP contribution in [0.15, 0.2) is 71.8 Å². The van der Waals surface area contributed by atoms with Gasteiger partial charge in [0.15, 0.2) is 0 Å². The number of hydrogen-bond acceptors (Lipinski definition) is 3. The minimum absolute atomic E-state index is 1.03. The summed E-state index contributed by atoms with van der Waals surface area (Å²) in [5.74, 6) is 0. The third-order valence-corrected chi connectivity index (χ3v) is 3.57. The Morgan fingerprint density at radius 1 is 0.833 bits per heavy atom. The van der Waals surface area contributed by atoms with E-state index < -0.39 is 0 Å². The van der Waals surface area contributed by atoms with E-state index in [9.17, 15) is 0 Å². The fourth-order valence-corrected chi connectivity index (χ4v) is 2.58. The molecule has 3 heteroatoms. The van der Waals surface area contributed by atoms with Crippen LogP contribution in [0.5, 0.6) is 0 Å². The molecule has 0 fully saturated rings. The molecule has 2 aromatic carbocycles. The van der Waals surface area contributed by atoms with E-state index >= 15 is 0 Å². The van der Waals surface area contributed by atoms with Gasteiger partial charge in [0.1, 0.15) is 0 Å². The fraction of sp³-hybridized carbons (Fsp3) is 0. The van der Waals surface area contributed by atoms with E-state index in [1.54, 1.807) is 11.9 Å². The summed E-state index contributed by atoms with van der Waals surface area (Å²) in [5, 5.41) is 1.17. The average Bonchev–Trinajstić information content (AvgIpc) is 2.46. The van der Waals surface area contributed by atoms with Crippen LogP contribution in [0.2, 0.25) is 0 Å². The van der Waals surface area contributed by atoms with Crippen molar-refractivity contribution in [2.75, 3.05) is 4.72 Å². The van der Waals surface area contributed by atoms with Crippen molar-refractivity contribution in [1.82, 2.24) is 4.98 Å². The molecule has 0 atom stereocenters. The first kappa shape index (κ1) is 11.1. The Bertz CT molecular complexity index is 647. The third-order valence-electron chi connectivity index (χ3n) is 2.66. The molecular formula is C15H12N2S. The molecule has 0 saturated carbocycles. The van der Waals surface area contributed by atoms with E-state index in [-0.39, 0.29) is 0 Å². The highest BCUT2D eigenvalue weighted by Gasteiger charge is 2.01. The fourth-order valence-electron chi connectivity index (χ4n) is 1.78. The molecule has 3 aromatic rings. The lowest BCUT2D eigenvalue weighted by atomic mass is 10.2. The average molecular weight is 252 g/mol. The normalized spacial score (nSPS) is 10.4. The first-order valence-electron chi connectivity index (χ1n) is 5.75. The van der Waals surface area contributed by atoms with E-state index in [2.05, 4.69) is 34.0 Å². The molecule has 3 rings (SSSR count). The highest BCUT2D eigenvalue weighted by atomic mass is 32.2. The van der Waals surface area contributed by atoms with Crippen molar-refractivity contribution < 1.29 is 0 Å². The molecule has 0 bridgehead atoms. The molecule has 0 spiro atoms. The van der Waals surface area contributed by atoms with Crippen LogP contribution in [0.4, 0.5) is 5.69 Å². The number of nitrogens with one attached hydrogen (secondary N) is 1. The van der Waals surface area contributed by atoms with Crippen molar-refractivity contribution in [3.8, 4) is 0 Å². The van der Waals surface area contributed by atoms with Crippen LogP contribution in [0.1, 0.15) is 0 Å². The zero-order chi connectivity index (χ0) is 12.2. The van der Waals surface area contributed by atoms with Gasteiger partial charge >= 0.3 is 0 Å². The SMILES string of the molecule is c1ccc(NSc2cccc3ncccc23)cc1. The maximum Gasteiger partial charge on any atom is 0.0713 e. The first-order chi connectivity index (χ1) is 8.93. The topological polar surface area (TPSA) is 24.9 Å². The lowest BCUT2D eigenvalue weighted by Crippen LogP contribution is -1.87. The van der Waals surface area contributed by atoms with Gasteiger partial charge in [-0.15, -0.1) is 0 Å². The van der Waals surface area contributed by atoms with Gasteiger partial charge in [0, 0.05) is 22.2 Å². The van der Waals surface area contributed by atoms with Gasteiger partial charge in [-0.2, -0.15) is 0 Å². The molecule has 0 aliphatic carbocycles. The number of aromatic nitrogens is 1. The molecule has 0 radical (unpaired) electrons. The highest BCUT2D eigenvalue weighted by molar-refractivity contribution is 8.00. The van der Waals surface area contributed by atoms with Gasteiger partial charge in [-0.25, -0.2) is 0 Å². The Morgan fingerprint density at radius 2 is 1.72 bits per heavy atom. The van der Waals surface area contributed by atoms with Crippen molar-refractivity contribution in [2.24, 2.45) is 0 Å². The van der Waals surface area contributed by atoms with E-state index in [1.807, 2.05) is 42.6 Å². The van der Waals surface area contributed by atoms with Gasteiger partial charge in [0.2, 0.25) is 0 Å². The number of para-hydroxylation sites is 1. The zero-order valence-electron chi connectivity index (χ0n) is 9.71. The van der Waals surface area contributed by atoms with Gasteiger partial charge in [-0.1, -0.05) is 30.3 Å². The monoisotopic (exact) mass is 252 g/mol. The number of nitrogens with zero attached hydrogens (tertiary/aromatic N) is 1. The van der Waals surface area contributed by atoms with Crippen molar-refractivity contribution in [2.45, 2.75) is 4.90 Å². The van der Waals surface area contributed by atoms with E-state index in [0.717, 1.165) is 11.2 Å². The Hall–Kier alpha value is -2.00. The Labute approximate surface area is 110 Å². The Kier molecular flexibility index (Phi) is 3.15. The van der Waals surface area contributed by atoms with Crippen molar-refractivity contribution in [1.29, 1.82) is 0 Å². The third kappa shape index (κ3) is 2.31. The Morgan fingerprint density at radius 3 is 2.61 bits per heavy atom. The Balaban J connectivity index is 1.87. The summed E-state index contributed by atoms with van der Waals surface area (Å²) < 4.78 is 3.34. The van der Waals surface area contributed by atoms with Crippen molar-refractivity contribution >= 4 is 28.5 Å². The van der Waals surface area contributed by atoms with E-state index in [1.165, 1.54) is 10.3 Å². The number of anilines is 1. The zero-order valence-corrected chi connectivity index (χ0v) is 10.5. The summed E-state index contributed by atoms with van der Waals surface area (Å²) in [5.41, 5.74) is 2.13. The molecular weight excluding hydrogens is 240 g/mol. The number of fused-ring (bicyclic) bond motifs is 1.